The predicted molar refractivity (Wildman–Crippen MR) is 73.3 cm³/mol. The average Bonchev–Trinajstić information content (AvgIpc) is 2.64. The Kier molecular flexibility index (Phi) is 3.25. The number of hydrogen-bond acceptors (Lipinski definition) is 4. The van der Waals surface area contributed by atoms with Crippen LogP contribution >= 0.6 is 0 Å². The molecule has 2 aromatic heterocycles. The fourth-order valence-electron chi connectivity index (χ4n) is 2.23. The van der Waals surface area contributed by atoms with Crippen LogP contribution in [0.3, 0.4) is 0 Å². The van der Waals surface area contributed by atoms with Crippen molar-refractivity contribution in [2.75, 3.05) is 0 Å². The van der Waals surface area contributed by atoms with E-state index in [1.807, 2.05) is 0 Å². The van der Waals surface area contributed by atoms with Crippen LogP contribution in [-0.4, -0.2) is 14.9 Å². The molecule has 0 aliphatic heterocycles. The first-order valence-corrected chi connectivity index (χ1v) is 6.13. The molecule has 106 valence electrons. The monoisotopic (exact) mass is 276 g/mol. The van der Waals surface area contributed by atoms with Crippen molar-refractivity contribution >= 4 is 5.78 Å². The Morgan fingerprint density at radius 3 is 2.20 bits per heavy atom. The van der Waals surface area contributed by atoms with E-state index in [4.69, 9.17) is 4.42 Å². The summed E-state index contributed by atoms with van der Waals surface area (Å²) in [5.41, 5.74) is -0.0117. The van der Waals surface area contributed by atoms with Crippen molar-refractivity contribution in [3.63, 3.8) is 0 Å². The van der Waals surface area contributed by atoms with Crippen LogP contribution in [0.15, 0.2) is 20.2 Å². The summed E-state index contributed by atoms with van der Waals surface area (Å²) >= 11 is 0. The van der Waals surface area contributed by atoms with Crippen LogP contribution in [0.25, 0.3) is 0 Å². The molecule has 0 aliphatic rings. The van der Waals surface area contributed by atoms with Gasteiger partial charge in [0.1, 0.15) is 17.1 Å². The summed E-state index contributed by atoms with van der Waals surface area (Å²) in [6.07, 6.45) is 1.27. The third-order valence-electron chi connectivity index (χ3n) is 3.48. The Labute approximate surface area is 115 Å². The van der Waals surface area contributed by atoms with Crippen LogP contribution < -0.4 is 11.2 Å². The molecule has 2 heterocycles. The van der Waals surface area contributed by atoms with E-state index >= 15 is 0 Å². The summed E-state index contributed by atoms with van der Waals surface area (Å²) in [5.74, 6) is 0.696. The quantitative estimate of drug-likeness (QED) is 0.762. The predicted octanol–water partition coefficient (Wildman–Crippen LogP) is 0.833. The second-order valence-corrected chi connectivity index (χ2v) is 4.84. The highest BCUT2D eigenvalue weighted by Gasteiger charge is 2.23. The first-order chi connectivity index (χ1) is 9.25. The van der Waals surface area contributed by atoms with Gasteiger partial charge in [-0.05, 0) is 20.8 Å². The van der Waals surface area contributed by atoms with E-state index in [1.54, 1.807) is 20.8 Å². The van der Waals surface area contributed by atoms with Gasteiger partial charge in [0.15, 0.2) is 0 Å². The summed E-state index contributed by atoms with van der Waals surface area (Å²) in [5, 5.41) is 0. The highest BCUT2D eigenvalue weighted by molar-refractivity contribution is 6.10. The van der Waals surface area contributed by atoms with E-state index in [-0.39, 0.29) is 5.56 Å². The standard InChI is InChI=1S/C14H16N2O4/c1-7-8(2)20-9(3)11(7)12(17)10-6-15(4)14(19)16(5)13(10)18/h6H,1-5H3. The molecule has 0 bridgehead atoms. The van der Waals surface area contributed by atoms with Gasteiger partial charge in [0.05, 0.1) is 5.56 Å². The van der Waals surface area contributed by atoms with Gasteiger partial charge in [-0.25, -0.2) is 4.79 Å². The minimum atomic E-state index is -0.601. The van der Waals surface area contributed by atoms with E-state index in [2.05, 4.69) is 0 Å². The molecule has 0 saturated heterocycles. The largest absolute Gasteiger partial charge is 0.466 e. The average molecular weight is 276 g/mol. The molecule has 0 radical (unpaired) electrons. The van der Waals surface area contributed by atoms with E-state index in [0.29, 0.717) is 22.6 Å². The number of nitrogens with zero attached hydrogens (tertiary/aromatic N) is 2. The normalized spacial score (nSPS) is 10.8. The molecule has 6 heteroatoms. The van der Waals surface area contributed by atoms with Gasteiger partial charge < -0.3 is 8.98 Å². The van der Waals surface area contributed by atoms with E-state index < -0.39 is 17.0 Å². The molecule has 20 heavy (non-hydrogen) atoms. The maximum atomic E-state index is 12.5. The molecule has 0 unspecified atom stereocenters. The second kappa shape index (κ2) is 4.63. The topological polar surface area (TPSA) is 74.2 Å². The smallest absolute Gasteiger partial charge is 0.330 e. The Balaban J connectivity index is 2.73. The zero-order valence-corrected chi connectivity index (χ0v) is 12.1. The van der Waals surface area contributed by atoms with Crippen molar-refractivity contribution in [1.82, 2.24) is 9.13 Å². The Morgan fingerprint density at radius 1 is 1.10 bits per heavy atom. The molecule has 0 N–H and O–H groups in total. The van der Waals surface area contributed by atoms with Gasteiger partial charge in [0, 0.05) is 25.9 Å². The lowest BCUT2D eigenvalue weighted by molar-refractivity contribution is 0.103. The first-order valence-electron chi connectivity index (χ1n) is 6.13. The van der Waals surface area contributed by atoms with Crippen molar-refractivity contribution in [3.8, 4) is 0 Å². The molecule has 0 aromatic carbocycles. The summed E-state index contributed by atoms with van der Waals surface area (Å²) in [6.45, 7) is 5.21. The number of aromatic nitrogens is 2. The molecule has 0 aliphatic carbocycles. The van der Waals surface area contributed by atoms with Gasteiger partial charge in [0.25, 0.3) is 5.56 Å². The maximum absolute atomic E-state index is 12.5. The van der Waals surface area contributed by atoms with Crippen LogP contribution in [-0.2, 0) is 14.1 Å². The van der Waals surface area contributed by atoms with Crippen molar-refractivity contribution in [2.24, 2.45) is 14.1 Å². The summed E-state index contributed by atoms with van der Waals surface area (Å²) < 4.78 is 7.55. The summed E-state index contributed by atoms with van der Waals surface area (Å²) in [4.78, 5) is 36.3. The molecular weight excluding hydrogens is 260 g/mol. The van der Waals surface area contributed by atoms with Crippen LogP contribution in [0.1, 0.15) is 33.0 Å². The van der Waals surface area contributed by atoms with Gasteiger partial charge in [-0.2, -0.15) is 0 Å². The molecule has 6 nitrogen and oxygen atoms in total. The Morgan fingerprint density at radius 2 is 1.70 bits per heavy atom. The van der Waals surface area contributed by atoms with Gasteiger partial charge in [-0.3, -0.25) is 14.2 Å². The highest BCUT2D eigenvalue weighted by Crippen LogP contribution is 2.22. The lowest BCUT2D eigenvalue weighted by Crippen LogP contribution is -2.39. The minimum Gasteiger partial charge on any atom is -0.466 e. The zero-order valence-electron chi connectivity index (χ0n) is 12.1. The number of aryl methyl sites for hydroxylation is 3. The lowest BCUT2D eigenvalue weighted by Gasteiger charge is -2.06. The maximum Gasteiger partial charge on any atom is 0.330 e. The second-order valence-electron chi connectivity index (χ2n) is 4.84. The molecule has 2 rings (SSSR count). The van der Waals surface area contributed by atoms with Crippen LogP contribution in [0.5, 0.6) is 0 Å². The van der Waals surface area contributed by atoms with Crippen molar-refractivity contribution in [2.45, 2.75) is 20.8 Å². The molecule has 0 saturated carbocycles. The fraction of sp³-hybridized carbons (Fsp3) is 0.357. The van der Waals surface area contributed by atoms with Gasteiger partial charge in [-0.15, -0.1) is 0 Å². The lowest BCUT2D eigenvalue weighted by atomic mass is 10.0. The van der Waals surface area contributed by atoms with Gasteiger partial charge in [0.2, 0.25) is 5.78 Å². The molecular formula is C14H16N2O4. The van der Waals surface area contributed by atoms with Gasteiger partial charge in [-0.1, -0.05) is 0 Å². The number of carbonyl (C=O) groups is 1. The van der Waals surface area contributed by atoms with Gasteiger partial charge >= 0.3 is 5.69 Å². The number of rotatable bonds is 2. The molecule has 0 spiro atoms. The van der Waals surface area contributed by atoms with Crippen LogP contribution in [0.2, 0.25) is 0 Å². The van der Waals surface area contributed by atoms with E-state index in [0.717, 1.165) is 4.57 Å². The fourth-order valence-corrected chi connectivity index (χ4v) is 2.23. The summed E-state index contributed by atoms with van der Waals surface area (Å²) in [6, 6.07) is 0. The Hall–Kier alpha value is -2.37. The van der Waals surface area contributed by atoms with Crippen molar-refractivity contribution in [1.29, 1.82) is 0 Å². The molecule has 0 amide bonds. The zero-order chi connectivity index (χ0) is 15.2. The third-order valence-corrected chi connectivity index (χ3v) is 3.48. The number of furan rings is 1. The van der Waals surface area contributed by atoms with Crippen LogP contribution in [0.4, 0.5) is 0 Å². The SMILES string of the molecule is Cc1oc(C)c(C(=O)c2cn(C)c(=O)n(C)c2=O)c1C. The highest BCUT2D eigenvalue weighted by atomic mass is 16.3. The minimum absolute atomic E-state index is 0.0402. The molecule has 2 aromatic rings. The van der Waals surface area contributed by atoms with E-state index in [9.17, 15) is 14.4 Å². The van der Waals surface area contributed by atoms with Crippen molar-refractivity contribution < 1.29 is 9.21 Å². The number of carbonyl (C=O) groups excluding carboxylic acids is 1. The Bertz CT molecular complexity index is 821. The molecule has 0 atom stereocenters. The third kappa shape index (κ3) is 1.93. The first kappa shape index (κ1) is 14.0. The number of ketones is 1. The number of hydrogen-bond donors (Lipinski definition) is 0. The molecule has 0 fully saturated rings. The summed E-state index contributed by atoms with van der Waals surface area (Å²) in [7, 11) is 2.85. The van der Waals surface area contributed by atoms with E-state index in [1.165, 1.54) is 24.9 Å². The van der Waals surface area contributed by atoms with Crippen LogP contribution in [0, 0.1) is 20.8 Å². The van der Waals surface area contributed by atoms with Crippen molar-refractivity contribution in [3.05, 3.63) is 55.2 Å².